The van der Waals surface area contributed by atoms with E-state index in [1.54, 1.807) is 6.20 Å². The van der Waals surface area contributed by atoms with Gasteiger partial charge in [-0.05, 0) is 26.0 Å². The molecule has 0 spiro atoms. The fourth-order valence-electron chi connectivity index (χ4n) is 3.28. The molecule has 3 heterocycles. The Morgan fingerprint density at radius 1 is 1.26 bits per heavy atom. The maximum atomic E-state index is 12.9. The number of rotatable bonds is 4. The van der Waals surface area contributed by atoms with E-state index >= 15 is 0 Å². The molecular formula is C20H21N5O2. The molecule has 1 aliphatic rings. The molecule has 1 N–H and O–H groups in total. The van der Waals surface area contributed by atoms with Crippen molar-refractivity contribution in [2.24, 2.45) is 0 Å². The lowest BCUT2D eigenvalue weighted by Crippen LogP contribution is -2.36. The third-order valence-corrected chi connectivity index (χ3v) is 4.76. The number of para-hydroxylation sites is 1. The van der Waals surface area contributed by atoms with Crippen LogP contribution in [-0.4, -0.2) is 37.5 Å². The molecule has 1 aromatic carbocycles. The molecule has 7 heteroatoms. The number of aryl methyl sites for hydroxylation is 2. The molecule has 0 saturated carbocycles. The fourth-order valence-corrected chi connectivity index (χ4v) is 3.28. The van der Waals surface area contributed by atoms with Gasteiger partial charge in [0.15, 0.2) is 0 Å². The second kappa shape index (κ2) is 7.19. The number of hydrogen-bond acceptors (Lipinski definition) is 5. The van der Waals surface area contributed by atoms with Crippen LogP contribution in [0.3, 0.4) is 0 Å². The molecule has 3 aromatic rings. The third kappa shape index (κ3) is 3.53. The maximum absolute atomic E-state index is 12.9. The highest BCUT2D eigenvalue weighted by Gasteiger charge is 2.27. The van der Waals surface area contributed by atoms with E-state index < -0.39 is 0 Å². The first kappa shape index (κ1) is 17.2. The first-order valence-corrected chi connectivity index (χ1v) is 8.94. The molecule has 2 aromatic heterocycles. The van der Waals surface area contributed by atoms with Gasteiger partial charge in [0.2, 0.25) is 0 Å². The summed E-state index contributed by atoms with van der Waals surface area (Å²) < 4.78 is 5.82. The lowest BCUT2D eigenvalue weighted by molar-refractivity contribution is 0.0731. The lowest BCUT2D eigenvalue weighted by Gasteiger charge is -2.27. The number of hydrogen-bond donors (Lipinski definition) is 1. The van der Waals surface area contributed by atoms with Crippen LogP contribution in [0.1, 0.15) is 38.8 Å². The van der Waals surface area contributed by atoms with Crippen molar-refractivity contribution in [2.75, 3.05) is 6.54 Å². The van der Waals surface area contributed by atoms with E-state index in [9.17, 15) is 4.79 Å². The second-order valence-corrected chi connectivity index (χ2v) is 6.62. The summed E-state index contributed by atoms with van der Waals surface area (Å²) in [5.41, 5.74) is 4.20. The summed E-state index contributed by atoms with van der Waals surface area (Å²) in [4.78, 5) is 23.2. The molecule has 0 bridgehead atoms. The number of nitrogens with one attached hydrogen (secondary N) is 1. The van der Waals surface area contributed by atoms with Crippen LogP contribution >= 0.6 is 0 Å². The van der Waals surface area contributed by atoms with E-state index in [1.165, 1.54) is 0 Å². The molecular weight excluding hydrogens is 342 g/mol. The topological polar surface area (TPSA) is 84.0 Å². The van der Waals surface area contributed by atoms with Crippen molar-refractivity contribution in [3.8, 4) is 5.75 Å². The Labute approximate surface area is 157 Å². The Kier molecular flexibility index (Phi) is 4.58. The number of H-pyrrole nitrogens is 1. The number of carbonyl (C=O) groups is 1. The van der Waals surface area contributed by atoms with Gasteiger partial charge in [-0.1, -0.05) is 18.2 Å². The van der Waals surface area contributed by atoms with Crippen molar-refractivity contribution in [3.05, 3.63) is 70.6 Å². The van der Waals surface area contributed by atoms with Crippen molar-refractivity contribution in [1.82, 2.24) is 25.1 Å². The number of carbonyl (C=O) groups excluding carboxylic acids is 1. The Morgan fingerprint density at radius 3 is 2.85 bits per heavy atom. The molecule has 4 rings (SSSR count). The molecule has 7 nitrogen and oxygen atoms in total. The summed E-state index contributed by atoms with van der Waals surface area (Å²) in [5, 5.41) is 7.48. The van der Waals surface area contributed by atoms with E-state index in [4.69, 9.17) is 4.74 Å². The molecule has 0 saturated heterocycles. The fraction of sp³-hybridized carbons (Fsp3) is 0.300. The number of ether oxygens (including phenoxy) is 1. The van der Waals surface area contributed by atoms with E-state index in [0.29, 0.717) is 36.8 Å². The quantitative estimate of drug-likeness (QED) is 0.770. The number of fused-ring (bicyclic) bond motifs is 1. The van der Waals surface area contributed by atoms with E-state index in [-0.39, 0.29) is 5.91 Å². The van der Waals surface area contributed by atoms with Gasteiger partial charge in [-0.3, -0.25) is 9.89 Å². The van der Waals surface area contributed by atoms with Crippen LogP contribution in [0, 0.1) is 13.8 Å². The predicted octanol–water partition coefficient (Wildman–Crippen LogP) is 2.59. The van der Waals surface area contributed by atoms with Gasteiger partial charge < -0.3 is 9.64 Å². The van der Waals surface area contributed by atoms with Crippen molar-refractivity contribution < 1.29 is 9.53 Å². The van der Waals surface area contributed by atoms with Crippen LogP contribution in [0.15, 0.2) is 36.5 Å². The molecule has 0 aliphatic carbocycles. The SMILES string of the molecule is Cc1ncc(C(=O)N2CCc3[nH]nc(COc4ccccc4)c3C2)c(C)n1. The summed E-state index contributed by atoms with van der Waals surface area (Å²) in [6.45, 7) is 5.17. The molecule has 0 atom stereocenters. The standard InChI is InChI=1S/C20H21N5O2/c1-13-16(10-21-14(2)22-13)20(26)25-9-8-18-17(11-25)19(24-23-18)12-27-15-6-4-3-5-7-15/h3-7,10H,8-9,11-12H2,1-2H3,(H,23,24). The molecule has 1 aliphatic heterocycles. The van der Waals surface area contributed by atoms with Gasteiger partial charge in [0.25, 0.3) is 5.91 Å². The van der Waals surface area contributed by atoms with Crippen molar-refractivity contribution in [2.45, 2.75) is 33.4 Å². The molecule has 0 unspecified atom stereocenters. The Bertz CT molecular complexity index is 968. The lowest BCUT2D eigenvalue weighted by atomic mass is 10.0. The van der Waals surface area contributed by atoms with E-state index in [2.05, 4.69) is 20.2 Å². The highest BCUT2D eigenvalue weighted by atomic mass is 16.5. The smallest absolute Gasteiger partial charge is 0.257 e. The Morgan fingerprint density at radius 2 is 2.07 bits per heavy atom. The Balaban J connectivity index is 1.50. The van der Waals surface area contributed by atoms with Gasteiger partial charge in [0.05, 0.1) is 11.3 Å². The minimum absolute atomic E-state index is 0.0470. The van der Waals surface area contributed by atoms with Crippen LogP contribution in [0.25, 0.3) is 0 Å². The number of benzene rings is 1. The van der Waals surface area contributed by atoms with E-state index in [1.807, 2.05) is 49.1 Å². The average Bonchev–Trinajstić information content (AvgIpc) is 3.09. The number of aromatic amines is 1. The van der Waals surface area contributed by atoms with Crippen LogP contribution < -0.4 is 4.74 Å². The molecule has 0 radical (unpaired) electrons. The molecule has 138 valence electrons. The van der Waals surface area contributed by atoms with Gasteiger partial charge in [-0.15, -0.1) is 0 Å². The first-order chi connectivity index (χ1) is 13.1. The summed E-state index contributed by atoms with van der Waals surface area (Å²) in [5.74, 6) is 1.42. The van der Waals surface area contributed by atoms with Crippen LogP contribution in [0.4, 0.5) is 0 Å². The largest absolute Gasteiger partial charge is 0.487 e. The van der Waals surface area contributed by atoms with Crippen molar-refractivity contribution in [1.29, 1.82) is 0 Å². The molecule has 0 fully saturated rings. The number of nitrogens with zero attached hydrogens (tertiary/aromatic N) is 4. The number of aromatic nitrogens is 4. The zero-order chi connectivity index (χ0) is 18.8. The van der Waals surface area contributed by atoms with Crippen LogP contribution in [0.5, 0.6) is 5.75 Å². The average molecular weight is 363 g/mol. The monoisotopic (exact) mass is 363 g/mol. The minimum atomic E-state index is -0.0470. The molecule has 1 amide bonds. The first-order valence-electron chi connectivity index (χ1n) is 8.94. The minimum Gasteiger partial charge on any atom is -0.487 e. The summed E-state index contributed by atoms with van der Waals surface area (Å²) >= 11 is 0. The molecule has 27 heavy (non-hydrogen) atoms. The summed E-state index contributed by atoms with van der Waals surface area (Å²) in [6, 6.07) is 9.64. The van der Waals surface area contributed by atoms with Gasteiger partial charge >= 0.3 is 0 Å². The van der Waals surface area contributed by atoms with Crippen molar-refractivity contribution in [3.63, 3.8) is 0 Å². The van der Waals surface area contributed by atoms with Gasteiger partial charge in [0, 0.05) is 37.0 Å². The second-order valence-electron chi connectivity index (χ2n) is 6.62. The number of amides is 1. The zero-order valence-corrected chi connectivity index (χ0v) is 15.4. The van der Waals surface area contributed by atoms with Gasteiger partial charge in [-0.2, -0.15) is 5.10 Å². The maximum Gasteiger partial charge on any atom is 0.257 e. The summed E-state index contributed by atoms with van der Waals surface area (Å²) in [6.07, 6.45) is 2.36. The van der Waals surface area contributed by atoms with Crippen LogP contribution in [0.2, 0.25) is 0 Å². The van der Waals surface area contributed by atoms with Gasteiger partial charge in [0.1, 0.15) is 23.9 Å². The van der Waals surface area contributed by atoms with Crippen LogP contribution in [-0.2, 0) is 19.6 Å². The van der Waals surface area contributed by atoms with Crippen molar-refractivity contribution >= 4 is 5.91 Å². The van der Waals surface area contributed by atoms with Gasteiger partial charge in [-0.25, -0.2) is 9.97 Å². The zero-order valence-electron chi connectivity index (χ0n) is 15.4. The predicted molar refractivity (Wildman–Crippen MR) is 99.3 cm³/mol. The Hall–Kier alpha value is -3.22. The highest BCUT2D eigenvalue weighted by molar-refractivity contribution is 5.95. The normalized spacial score (nSPS) is 13.3. The van der Waals surface area contributed by atoms with E-state index in [0.717, 1.165) is 29.1 Å². The summed E-state index contributed by atoms with van der Waals surface area (Å²) in [7, 11) is 0. The third-order valence-electron chi connectivity index (χ3n) is 4.76. The highest BCUT2D eigenvalue weighted by Crippen LogP contribution is 2.23.